The van der Waals surface area contributed by atoms with Crippen molar-refractivity contribution in [2.24, 2.45) is 0 Å². The second-order valence-electron chi connectivity index (χ2n) is 11.9. The van der Waals surface area contributed by atoms with Crippen LogP contribution in [0.2, 0.25) is 5.02 Å². The quantitative estimate of drug-likeness (QED) is 0.169. The number of carbonyl (C=O) groups is 2. The van der Waals surface area contributed by atoms with Crippen LogP contribution in [0.4, 0.5) is 10.1 Å². The molecular weight excluding hydrogens is 653 g/mol. The summed E-state index contributed by atoms with van der Waals surface area (Å²) in [6, 6.07) is 24.9. The van der Waals surface area contributed by atoms with E-state index in [1.165, 1.54) is 42.3 Å². The number of nitrogens with zero attached hydrogens (tertiary/aromatic N) is 2. The van der Waals surface area contributed by atoms with Crippen LogP contribution in [0, 0.1) is 12.7 Å². The van der Waals surface area contributed by atoms with Crippen molar-refractivity contribution in [1.82, 2.24) is 10.2 Å². The van der Waals surface area contributed by atoms with Gasteiger partial charge in [-0.15, -0.1) is 0 Å². The second-order valence-corrected chi connectivity index (χ2v) is 14.2. The van der Waals surface area contributed by atoms with E-state index in [0.717, 1.165) is 41.1 Å². The monoisotopic (exact) mass is 691 g/mol. The van der Waals surface area contributed by atoms with Crippen molar-refractivity contribution in [3.05, 3.63) is 125 Å². The smallest absolute Gasteiger partial charge is 0.264 e. The first-order chi connectivity index (χ1) is 23.1. The summed E-state index contributed by atoms with van der Waals surface area (Å²) in [7, 11) is -2.99. The maximum absolute atomic E-state index is 15.2. The lowest BCUT2D eigenvalue weighted by Crippen LogP contribution is -2.54. The molecule has 0 aliphatic heterocycles. The molecule has 1 N–H and O–H groups in total. The molecule has 48 heavy (non-hydrogen) atoms. The minimum absolute atomic E-state index is 0.0415. The van der Waals surface area contributed by atoms with Gasteiger partial charge in [-0.3, -0.25) is 13.9 Å². The fourth-order valence-electron chi connectivity index (χ4n) is 5.94. The van der Waals surface area contributed by atoms with Crippen molar-refractivity contribution in [1.29, 1.82) is 0 Å². The number of anilines is 1. The number of amides is 2. The highest BCUT2D eigenvalue weighted by atomic mass is 35.5. The number of methoxy groups -OCH3 is 1. The van der Waals surface area contributed by atoms with Crippen molar-refractivity contribution >= 4 is 39.1 Å². The molecule has 0 bridgehead atoms. The predicted molar refractivity (Wildman–Crippen MR) is 185 cm³/mol. The molecule has 1 fully saturated rings. The number of hydrogen-bond acceptors (Lipinski definition) is 5. The van der Waals surface area contributed by atoms with Gasteiger partial charge in [-0.2, -0.15) is 0 Å². The van der Waals surface area contributed by atoms with E-state index in [2.05, 4.69) is 5.32 Å². The summed E-state index contributed by atoms with van der Waals surface area (Å²) < 4.78 is 50.3. The fourth-order valence-corrected chi connectivity index (χ4v) is 7.52. The van der Waals surface area contributed by atoms with Crippen LogP contribution in [0.1, 0.15) is 42.4 Å². The number of sulfonamides is 1. The average Bonchev–Trinajstić information content (AvgIpc) is 3.59. The van der Waals surface area contributed by atoms with Gasteiger partial charge in [-0.25, -0.2) is 12.8 Å². The van der Waals surface area contributed by atoms with E-state index in [1.807, 2.05) is 37.3 Å². The molecule has 0 aromatic heterocycles. The summed E-state index contributed by atoms with van der Waals surface area (Å²) in [4.78, 5) is 30.0. The number of hydrogen-bond donors (Lipinski definition) is 1. The van der Waals surface area contributed by atoms with Crippen LogP contribution in [0.25, 0.3) is 0 Å². The molecule has 0 spiro atoms. The van der Waals surface area contributed by atoms with E-state index in [9.17, 15) is 18.0 Å². The van der Waals surface area contributed by atoms with Crippen LogP contribution in [0.5, 0.6) is 5.75 Å². The normalized spacial score (nSPS) is 13.9. The van der Waals surface area contributed by atoms with Crippen LogP contribution in [0.15, 0.2) is 102 Å². The standard InChI is InChI=1S/C37H39ClFN3O5S/c1-26-16-19-31(20-17-26)48(45,46)42(33-23-29(38)18-21-35(33)47-2)25-36(43)41(24-28-12-6-9-15-32(28)39)34(22-27-10-4-3-5-11-27)37(44)40-30-13-7-8-14-30/h3-6,9-12,15-21,23,30,34H,7-8,13-14,22,24-25H2,1-2H3,(H,40,44)/t34-/m1/s1. The number of carbonyl (C=O) groups excluding carboxylic acids is 2. The number of halogens is 2. The molecule has 5 rings (SSSR count). The minimum atomic E-state index is -4.38. The molecule has 4 aromatic rings. The molecular formula is C37H39ClFN3O5S. The lowest BCUT2D eigenvalue weighted by Gasteiger charge is -2.34. The maximum atomic E-state index is 15.2. The third-order valence-electron chi connectivity index (χ3n) is 8.57. The Kier molecular flexibility index (Phi) is 11.4. The van der Waals surface area contributed by atoms with Crippen LogP contribution in [-0.4, -0.2) is 50.9 Å². The third-order valence-corrected chi connectivity index (χ3v) is 10.6. The zero-order valence-electron chi connectivity index (χ0n) is 26.9. The fraction of sp³-hybridized carbons (Fsp3) is 0.297. The van der Waals surface area contributed by atoms with Crippen molar-refractivity contribution in [3.63, 3.8) is 0 Å². The summed E-state index contributed by atoms with van der Waals surface area (Å²) in [5.41, 5.74) is 1.87. The Hall–Kier alpha value is -4.41. The number of ether oxygens (including phenoxy) is 1. The summed E-state index contributed by atoms with van der Waals surface area (Å²) >= 11 is 6.35. The van der Waals surface area contributed by atoms with Gasteiger partial charge in [0.05, 0.1) is 17.7 Å². The molecule has 252 valence electrons. The van der Waals surface area contributed by atoms with E-state index >= 15 is 4.39 Å². The van der Waals surface area contributed by atoms with Crippen molar-refractivity contribution in [3.8, 4) is 5.75 Å². The Balaban J connectivity index is 1.61. The Morgan fingerprint density at radius 3 is 2.29 bits per heavy atom. The molecule has 1 aliphatic carbocycles. The highest BCUT2D eigenvalue weighted by Crippen LogP contribution is 2.35. The van der Waals surface area contributed by atoms with Gasteiger partial charge in [0.15, 0.2) is 0 Å². The molecule has 0 heterocycles. The summed E-state index contributed by atoms with van der Waals surface area (Å²) in [6.07, 6.45) is 3.74. The first-order valence-electron chi connectivity index (χ1n) is 15.9. The largest absolute Gasteiger partial charge is 0.495 e. The van der Waals surface area contributed by atoms with Gasteiger partial charge in [0.25, 0.3) is 10.0 Å². The molecule has 11 heteroatoms. The first-order valence-corrected chi connectivity index (χ1v) is 17.7. The number of benzene rings is 4. The second kappa shape index (κ2) is 15.7. The van der Waals surface area contributed by atoms with Gasteiger partial charge in [-0.1, -0.05) is 90.7 Å². The highest BCUT2D eigenvalue weighted by Gasteiger charge is 2.36. The van der Waals surface area contributed by atoms with Gasteiger partial charge in [0, 0.05) is 29.6 Å². The minimum Gasteiger partial charge on any atom is -0.495 e. The number of nitrogens with one attached hydrogen (secondary N) is 1. The van der Waals surface area contributed by atoms with E-state index < -0.39 is 34.3 Å². The van der Waals surface area contributed by atoms with Gasteiger partial charge in [0.1, 0.15) is 24.2 Å². The van der Waals surface area contributed by atoms with Gasteiger partial charge < -0.3 is 15.0 Å². The van der Waals surface area contributed by atoms with Crippen molar-refractivity contribution in [2.75, 3.05) is 18.0 Å². The van der Waals surface area contributed by atoms with E-state index in [1.54, 1.807) is 36.4 Å². The molecule has 1 atom stereocenters. The average molecular weight is 692 g/mol. The predicted octanol–water partition coefficient (Wildman–Crippen LogP) is 6.69. The number of aryl methyl sites for hydroxylation is 1. The molecule has 4 aromatic carbocycles. The number of rotatable bonds is 13. The zero-order valence-corrected chi connectivity index (χ0v) is 28.5. The van der Waals surface area contributed by atoms with E-state index in [0.29, 0.717) is 0 Å². The van der Waals surface area contributed by atoms with Crippen LogP contribution in [0.3, 0.4) is 0 Å². The third kappa shape index (κ3) is 8.35. The summed E-state index contributed by atoms with van der Waals surface area (Å²) in [5.74, 6) is -1.48. The lowest BCUT2D eigenvalue weighted by atomic mass is 10.0. The lowest BCUT2D eigenvalue weighted by molar-refractivity contribution is -0.140. The van der Waals surface area contributed by atoms with E-state index in [-0.39, 0.29) is 51.8 Å². The maximum Gasteiger partial charge on any atom is 0.264 e. The Bertz CT molecular complexity index is 1830. The summed E-state index contributed by atoms with van der Waals surface area (Å²) in [6.45, 7) is 0.845. The molecule has 8 nitrogen and oxygen atoms in total. The van der Waals surface area contributed by atoms with Crippen molar-refractivity contribution < 1.29 is 27.1 Å². The van der Waals surface area contributed by atoms with Crippen LogP contribution < -0.4 is 14.4 Å². The van der Waals surface area contributed by atoms with Gasteiger partial charge >= 0.3 is 0 Å². The SMILES string of the molecule is COc1ccc(Cl)cc1N(CC(=O)N(Cc1ccccc1F)[C@H](Cc1ccccc1)C(=O)NC1CCCC1)S(=O)(=O)c1ccc(C)cc1. The molecule has 2 amide bonds. The zero-order chi connectivity index (χ0) is 34.3. The Labute approximate surface area is 286 Å². The van der Waals surface area contributed by atoms with Gasteiger partial charge in [0.2, 0.25) is 11.8 Å². The molecule has 0 unspecified atom stereocenters. The van der Waals surface area contributed by atoms with E-state index in [4.69, 9.17) is 16.3 Å². The van der Waals surface area contributed by atoms with Crippen LogP contribution in [-0.2, 0) is 32.6 Å². The highest BCUT2D eigenvalue weighted by molar-refractivity contribution is 7.92. The molecule has 0 saturated heterocycles. The molecule has 1 aliphatic rings. The molecule has 0 radical (unpaired) electrons. The first kappa shape index (κ1) is 34.9. The van der Waals surface area contributed by atoms with Gasteiger partial charge in [-0.05, 0) is 61.7 Å². The van der Waals surface area contributed by atoms with Crippen LogP contribution >= 0.6 is 11.6 Å². The topological polar surface area (TPSA) is 96.0 Å². The molecule has 1 saturated carbocycles. The summed E-state index contributed by atoms with van der Waals surface area (Å²) in [5, 5.41) is 3.34. The Morgan fingerprint density at radius 1 is 0.958 bits per heavy atom. The Morgan fingerprint density at radius 2 is 1.62 bits per heavy atom. The van der Waals surface area contributed by atoms with Crippen molar-refractivity contribution in [2.45, 2.75) is 62.6 Å².